The third kappa shape index (κ3) is 2.75. The van der Waals surface area contributed by atoms with Crippen LogP contribution in [0.4, 0.5) is 0 Å². The minimum absolute atomic E-state index is 0.500. The van der Waals surface area contributed by atoms with Gasteiger partial charge in [-0.05, 0) is 50.1 Å². The molecule has 0 amide bonds. The summed E-state index contributed by atoms with van der Waals surface area (Å²) in [6.07, 6.45) is 7.24. The maximum Gasteiger partial charge on any atom is 0.109 e. The molecule has 1 aliphatic carbocycles. The summed E-state index contributed by atoms with van der Waals surface area (Å²) >= 11 is 0. The van der Waals surface area contributed by atoms with Gasteiger partial charge in [-0.15, -0.1) is 0 Å². The van der Waals surface area contributed by atoms with E-state index in [-0.39, 0.29) is 0 Å². The second kappa shape index (κ2) is 5.02. The van der Waals surface area contributed by atoms with E-state index in [4.69, 9.17) is 4.74 Å². The van der Waals surface area contributed by atoms with Gasteiger partial charge in [0.05, 0.1) is 12.6 Å². The molecular formula is C13H23NO. The fraction of sp³-hybridized carbons (Fsp3) is 0.846. The fourth-order valence-corrected chi connectivity index (χ4v) is 2.37. The molecule has 0 bridgehead atoms. The molecule has 0 radical (unpaired) electrons. The summed E-state index contributed by atoms with van der Waals surface area (Å²) < 4.78 is 5.79. The lowest BCUT2D eigenvalue weighted by molar-refractivity contribution is 0.160. The lowest BCUT2D eigenvalue weighted by atomic mass is 10.1. The van der Waals surface area contributed by atoms with Crippen LogP contribution in [0.3, 0.4) is 0 Å². The van der Waals surface area contributed by atoms with Gasteiger partial charge in [0, 0.05) is 0 Å². The maximum atomic E-state index is 5.79. The molecule has 1 saturated carbocycles. The first kappa shape index (κ1) is 11.0. The zero-order valence-electron chi connectivity index (χ0n) is 9.96. The molecule has 0 aromatic heterocycles. The first-order valence-corrected chi connectivity index (χ1v) is 6.39. The van der Waals surface area contributed by atoms with E-state index in [1.165, 1.54) is 31.4 Å². The molecule has 0 saturated heterocycles. The van der Waals surface area contributed by atoms with E-state index in [0.29, 0.717) is 6.04 Å². The standard InChI is InChI=1S/C13H23NO/c1-3-7-14-13(11-9-10(11)2)12-6-4-5-8-15-12/h6,10-11,13-14H,3-5,7-9H2,1-2H3. The van der Waals surface area contributed by atoms with Gasteiger partial charge in [-0.25, -0.2) is 0 Å². The first-order chi connectivity index (χ1) is 7.33. The SMILES string of the molecule is CCCNC(C1=CCCCO1)C1CC1C. The predicted molar refractivity (Wildman–Crippen MR) is 62.6 cm³/mol. The predicted octanol–water partition coefficient (Wildman–Crippen LogP) is 2.70. The Morgan fingerprint density at radius 3 is 2.93 bits per heavy atom. The summed E-state index contributed by atoms with van der Waals surface area (Å²) in [5.41, 5.74) is 0. The molecule has 1 aliphatic heterocycles. The highest BCUT2D eigenvalue weighted by Gasteiger charge is 2.41. The van der Waals surface area contributed by atoms with Crippen molar-refractivity contribution in [2.45, 2.75) is 45.6 Å². The van der Waals surface area contributed by atoms with Crippen molar-refractivity contribution < 1.29 is 4.74 Å². The lowest BCUT2D eigenvalue weighted by Crippen LogP contribution is -2.35. The van der Waals surface area contributed by atoms with Crippen molar-refractivity contribution in [2.24, 2.45) is 11.8 Å². The number of ether oxygens (including phenoxy) is 1. The van der Waals surface area contributed by atoms with E-state index >= 15 is 0 Å². The molecule has 1 fully saturated rings. The number of rotatable bonds is 5. The molecule has 3 atom stereocenters. The normalized spacial score (nSPS) is 31.7. The van der Waals surface area contributed by atoms with Gasteiger partial charge in [0.15, 0.2) is 0 Å². The number of nitrogens with one attached hydrogen (secondary N) is 1. The van der Waals surface area contributed by atoms with Crippen LogP contribution in [-0.2, 0) is 4.74 Å². The van der Waals surface area contributed by atoms with E-state index < -0.39 is 0 Å². The van der Waals surface area contributed by atoms with Gasteiger partial charge in [-0.2, -0.15) is 0 Å². The van der Waals surface area contributed by atoms with Gasteiger partial charge >= 0.3 is 0 Å². The Labute approximate surface area is 93.1 Å². The van der Waals surface area contributed by atoms with Crippen molar-refractivity contribution in [2.75, 3.05) is 13.2 Å². The van der Waals surface area contributed by atoms with Crippen LogP contribution in [-0.4, -0.2) is 19.2 Å². The Balaban J connectivity index is 1.94. The van der Waals surface area contributed by atoms with E-state index in [1.807, 2.05) is 0 Å². The minimum Gasteiger partial charge on any atom is -0.497 e. The lowest BCUT2D eigenvalue weighted by Gasteiger charge is -2.25. The van der Waals surface area contributed by atoms with Crippen LogP contribution in [0.5, 0.6) is 0 Å². The zero-order valence-corrected chi connectivity index (χ0v) is 9.96. The van der Waals surface area contributed by atoms with Gasteiger partial charge in [0.2, 0.25) is 0 Å². The minimum atomic E-state index is 0.500. The Morgan fingerprint density at radius 2 is 2.40 bits per heavy atom. The topological polar surface area (TPSA) is 21.3 Å². The molecule has 0 aromatic carbocycles. The summed E-state index contributed by atoms with van der Waals surface area (Å²) in [5.74, 6) is 2.93. The quantitative estimate of drug-likeness (QED) is 0.751. The summed E-state index contributed by atoms with van der Waals surface area (Å²) in [6.45, 7) is 6.58. The highest BCUT2D eigenvalue weighted by molar-refractivity contribution is 5.12. The molecule has 1 N–H and O–H groups in total. The number of hydrogen-bond acceptors (Lipinski definition) is 2. The summed E-state index contributed by atoms with van der Waals surface area (Å²) in [6, 6.07) is 0.500. The van der Waals surface area contributed by atoms with Crippen molar-refractivity contribution in [3.63, 3.8) is 0 Å². The summed E-state index contributed by atoms with van der Waals surface area (Å²) in [4.78, 5) is 0. The summed E-state index contributed by atoms with van der Waals surface area (Å²) in [7, 11) is 0. The van der Waals surface area contributed by atoms with Crippen molar-refractivity contribution in [1.29, 1.82) is 0 Å². The molecule has 0 aromatic rings. The van der Waals surface area contributed by atoms with Crippen LogP contribution in [0.1, 0.15) is 39.5 Å². The molecule has 86 valence electrons. The number of allylic oxidation sites excluding steroid dienone is 1. The fourth-order valence-electron chi connectivity index (χ4n) is 2.37. The van der Waals surface area contributed by atoms with Crippen molar-refractivity contribution in [1.82, 2.24) is 5.32 Å². The molecule has 2 rings (SSSR count). The Kier molecular flexibility index (Phi) is 3.68. The van der Waals surface area contributed by atoms with E-state index in [1.54, 1.807) is 0 Å². The maximum absolute atomic E-state index is 5.79. The Bertz CT molecular complexity index is 237. The van der Waals surface area contributed by atoms with Crippen LogP contribution in [0.25, 0.3) is 0 Å². The average molecular weight is 209 g/mol. The van der Waals surface area contributed by atoms with Gasteiger partial charge in [0.1, 0.15) is 5.76 Å². The third-order valence-electron chi connectivity index (χ3n) is 3.48. The van der Waals surface area contributed by atoms with Gasteiger partial charge in [0.25, 0.3) is 0 Å². The highest BCUT2D eigenvalue weighted by Crippen LogP contribution is 2.43. The average Bonchev–Trinajstić information content (AvgIpc) is 2.98. The molecular weight excluding hydrogens is 186 g/mol. The second-order valence-electron chi connectivity index (χ2n) is 4.91. The van der Waals surface area contributed by atoms with Gasteiger partial charge in [-0.3, -0.25) is 0 Å². The van der Waals surface area contributed by atoms with Crippen LogP contribution in [0.15, 0.2) is 11.8 Å². The van der Waals surface area contributed by atoms with Crippen molar-refractivity contribution in [3.05, 3.63) is 11.8 Å². The molecule has 15 heavy (non-hydrogen) atoms. The molecule has 2 aliphatic rings. The van der Waals surface area contributed by atoms with E-state index in [2.05, 4.69) is 25.2 Å². The van der Waals surface area contributed by atoms with Crippen LogP contribution in [0, 0.1) is 11.8 Å². The molecule has 2 nitrogen and oxygen atoms in total. The van der Waals surface area contributed by atoms with Crippen molar-refractivity contribution in [3.8, 4) is 0 Å². The van der Waals surface area contributed by atoms with Gasteiger partial charge in [-0.1, -0.05) is 13.8 Å². The Morgan fingerprint density at radius 1 is 1.60 bits per heavy atom. The van der Waals surface area contributed by atoms with Crippen molar-refractivity contribution >= 4 is 0 Å². The van der Waals surface area contributed by atoms with Gasteiger partial charge < -0.3 is 10.1 Å². The molecule has 1 heterocycles. The van der Waals surface area contributed by atoms with E-state index in [9.17, 15) is 0 Å². The highest BCUT2D eigenvalue weighted by atomic mass is 16.5. The molecule has 0 spiro atoms. The van der Waals surface area contributed by atoms with Crippen LogP contribution in [0.2, 0.25) is 0 Å². The van der Waals surface area contributed by atoms with Crippen LogP contribution < -0.4 is 5.32 Å². The van der Waals surface area contributed by atoms with Crippen LogP contribution >= 0.6 is 0 Å². The molecule has 3 unspecified atom stereocenters. The Hall–Kier alpha value is -0.500. The second-order valence-corrected chi connectivity index (χ2v) is 4.91. The largest absolute Gasteiger partial charge is 0.497 e. The monoisotopic (exact) mass is 209 g/mol. The van der Waals surface area contributed by atoms with E-state index in [0.717, 1.165) is 25.0 Å². The zero-order chi connectivity index (χ0) is 10.7. The summed E-state index contributed by atoms with van der Waals surface area (Å²) in [5, 5.41) is 3.64. The third-order valence-corrected chi connectivity index (χ3v) is 3.48. The molecule has 2 heteroatoms. The smallest absolute Gasteiger partial charge is 0.109 e. The number of hydrogen-bond donors (Lipinski definition) is 1. The first-order valence-electron chi connectivity index (χ1n) is 6.39.